The van der Waals surface area contributed by atoms with Crippen molar-refractivity contribution in [1.82, 2.24) is 19.2 Å². The second-order valence-electron chi connectivity index (χ2n) is 7.73. The number of benzene rings is 1. The Bertz CT molecular complexity index is 897. The van der Waals surface area contributed by atoms with Gasteiger partial charge in [-0.2, -0.15) is 5.10 Å². The SMILES string of the molecule is CC(C)Cn1c(CCC(N)=O)nn(CN2CC=C(c3ccccc3)CC2)c1=S. The first-order valence-corrected chi connectivity index (χ1v) is 10.3. The van der Waals surface area contributed by atoms with Crippen LogP contribution in [0, 0.1) is 10.7 Å². The first-order chi connectivity index (χ1) is 13.4. The summed E-state index contributed by atoms with van der Waals surface area (Å²) in [5.74, 6) is 0.976. The van der Waals surface area contributed by atoms with Crippen molar-refractivity contribution in [3.05, 3.63) is 52.6 Å². The molecule has 150 valence electrons. The average molecular weight is 400 g/mol. The van der Waals surface area contributed by atoms with Crippen LogP contribution in [0.1, 0.15) is 38.1 Å². The zero-order valence-electron chi connectivity index (χ0n) is 16.7. The van der Waals surface area contributed by atoms with Crippen molar-refractivity contribution in [3.8, 4) is 0 Å². The number of nitrogens with zero attached hydrogens (tertiary/aromatic N) is 4. The maximum Gasteiger partial charge on any atom is 0.217 e. The largest absolute Gasteiger partial charge is 0.370 e. The molecule has 3 rings (SSSR count). The first kappa shape index (κ1) is 20.5. The van der Waals surface area contributed by atoms with Crippen LogP contribution in [0.25, 0.3) is 5.57 Å². The van der Waals surface area contributed by atoms with E-state index in [2.05, 4.69) is 53.7 Å². The summed E-state index contributed by atoms with van der Waals surface area (Å²) < 4.78 is 4.65. The lowest BCUT2D eigenvalue weighted by Gasteiger charge is -2.26. The normalized spacial score (nSPS) is 15.0. The van der Waals surface area contributed by atoms with Gasteiger partial charge >= 0.3 is 0 Å². The molecule has 0 fully saturated rings. The molecule has 0 radical (unpaired) electrons. The third-order valence-electron chi connectivity index (χ3n) is 4.91. The lowest BCUT2D eigenvalue weighted by molar-refractivity contribution is -0.118. The van der Waals surface area contributed by atoms with E-state index in [0.29, 0.717) is 23.8 Å². The van der Waals surface area contributed by atoms with Crippen molar-refractivity contribution in [2.24, 2.45) is 11.7 Å². The molecule has 2 aromatic rings. The molecule has 1 aromatic carbocycles. The van der Waals surface area contributed by atoms with Gasteiger partial charge in [0.25, 0.3) is 0 Å². The van der Waals surface area contributed by atoms with Gasteiger partial charge in [-0.15, -0.1) is 0 Å². The van der Waals surface area contributed by atoms with Crippen LogP contribution in [0.3, 0.4) is 0 Å². The van der Waals surface area contributed by atoms with Crippen LogP contribution in [-0.2, 0) is 24.4 Å². The number of primary amides is 1. The van der Waals surface area contributed by atoms with E-state index in [0.717, 1.165) is 31.9 Å². The minimum absolute atomic E-state index is 0.288. The van der Waals surface area contributed by atoms with E-state index in [4.69, 9.17) is 23.1 Å². The fourth-order valence-corrected chi connectivity index (χ4v) is 3.77. The Labute approximate surface area is 171 Å². The Hall–Kier alpha value is -2.25. The summed E-state index contributed by atoms with van der Waals surface area (Å²) >= 11 is 5.68. The molecular formula is C21H29N5OS. The molecule has 1 aromatic heterocycles. The van der Waals surface area contributed by atoms with Gasteiger partial charge in [0, 0.05) is 32.5 Å². The Morgan fingerprint density at radius 1 is 1.29 bits per heavy atom. The van der Waals surface area contributed by atoms with Crippen LogP contribution < -0.4 is 5.73 Å². The van der Waals surface area contributed by atoms with Gasteiger partial charge in [-0.3, -0.25) is 9.69 Å². The van der Waals surface area contributed by atoms with E-state index in [1.165, 1.54) is 11.1 Å². The second-order valence-corrected chi connectivity index (χ2v) is 8.10. The summed E-state index contributed by atoms with van der Waals surface area (Å²) in [6, 6.07) is 10.5. The van der Waals surface area contributed by atoms with Crippen molar-refractivity contribution in [1.29, 1.82) is 0 Å². The van der Waals surface area contributed by atoms with E-state index in [1.54, 1.807) is 0 Å². The molecule has 28 heavy (non-hydrogen) atoms. The summed E-state index contributed by atoms with van der Waals surface area (Å²) in [4.78, 5) is 13.5. The zero-order chi connectivity index (χ0) is 20.1. The standard InChI is InChI=1S/C21H29N5OS/c1-16(2)14-25-20(9-8-19(22)27)23-26(21(25)28)15-24-12-10-18(11-13-24)17-6-4-3-5-7-17/h3-7,10,16H,8-9,11-15H2,1-2H3,(H2,22,27). The summed E-state index contributed by atoms with van der Waals surface area (Å²) in [5.41, 5.74) is 8.02. The van der Waals surface area contributed by atoms with Crippen molar-refractivity contribution >= 4 is 23.7 Å². The quantitative estimate of drug-likeness (QED) is 0.692. The number of hydrogen-bond donors (Lipinski definition) is 1. The maximum absolute atomic E-state index is 11.2. The molecule has 7 heteroatoms. The van der Waals surface area contributed by atoms with Crippen LogP contribution in [0.5, 0.6) is 0 Å². The van der Waals surface area contributed by atoms with Gasteiger partial charge in [-0.25, -0.2) is 4.68 Å². The van der Waals surface area contributed by atoms with E-state index >= 15 is 0 Å². The molecule has 6 nitrogen and oxygen atoms in total. The number of rotatable bonds is 8. The lowest BCUT2D eigenvalue weighted by atomic mass is 10.00. The third kappa shape index (κ3) is 5.17. The van der Waals surface area contributed by atoms with Gasteiger partial charge in [0.2, 0.25) is 5.91 Å². The molecule has 0 spiro atoms. The average Bonchev–Trinajstić information content (AvgIpc) is 2.96. The van der Waals surface area contributed by atoms with E-state index < -0.39 is 0 Å². The number of aryl methyl sites for hydroxylation is 1. The highest BCUT2D eigenvalue weighted by Crippen LogP contribution is 2.22. The molecular weight excluding hydrogens is 370 g/mol. The molecule has 1 aliphatic heterocycles. The Balaban J connectivity index is 1.72. The Morgan fingerprint density at radius 2 is 2.04 bits per heavy atom. The van der Waals surface area contributed by atoms with Crippen LogP contribution >= 0.6 is 12.2 Å². The van der Waals surface area contributed by atoms with Gasteiger partial charge in [-0.05, 0) is 35.7 Å². The smallest absolute Gasteiger partial charge is 0.217 e. The molecule has 0 saturated heterocycles. The Morgan fingerprint density at radius 3 is 2.64 bits per heavy atom. The summed E-state index contributed by atoms with van der Waals surface area (Å²) in [6.45, 7) is 7.60. The van der Waals surface area contributed by atoms with Crippen molar-refractivity contribution in [3.63, 3.8) is 0 Å². The zero-order valence-corrected chi connectivity index (χ0v) is 17.5. The lowest BCUT2D eigenvalue weighted by Crippen LogP contribution is -2.31. The topological polar surface area (TPSA) is 69.1 Å². The highest BCUT2D eigenvalue weighted by molar-refractivity contribution is 7.71. The number of amides is 1. The number of hydrogen-bond acceptors (Lipinski definition) is 4. The van der Waals surface area contributed by atoms with Crippen LogP contribution in [0.2, 0.25) is 0 Å². The first-order valence-electron chi connectivity index (χ1n) is 9.85. The molecule has 2 N–H and O–H groups in total. The van der Waals surface area contributed by atoms with Crippen molar-refractivity contribution < 1.29 is 4.79 Å². The number of aromatic nitrogens is 3. The van der Waals surface area contributed by atoms with Crippen molar-refractivity contribution in [2.75, 3.05) is 13.1 Å². The molecule has 1 aliphatic rings. The van der Waals surface area contributed by atoms with E-state index in [1.807, 2.05) is 10.7 Å². The highest BCUT2D eigenvalue weighted by atomic mass is 32.1. The Kier molecular flexibility index (Phi) is 6.80. The minimum Gasteiger partial charge on any atom is -0.370 e. The van der Waals surface area contributed by atoms with Crippen molar-refractivity contribution in [2.45, 2.75) is 46.3 Å². The van der Waals surface area contributed by atoms with Crippen LogP contribution in [-0.4, -0.2) is 38.2 Å². The molecule has 2 heterocycles. The molecule has 0 atom stereocenters. The summed E-state index contributed by atoms with van der Waals surface area (Å²) in [5, 5.41) is 4.71. The predicted octanol–water partition coefficient (Wildman–Crippen LogP) is 3.23. The van der Waals surface area contributed by atoms with Gasteiger partial charge in [0.15, 0.2) is 4.77 Å². The maximum atomic E-state index is 11.2. The highest BCUT2D eigenvalue weighted by Gasteiger charge is 2.17. The van der Waals surface area contributed by atoms with Gasteiger partial charge < -0.3 is 10.3 Å². The van der Waals surface area contributed by atoms with Crippen LogP contribution in [0.4, 0.5) is 0 Å². The monoisotopic (exact) mass is 399 g/mol. The van der Waals surface area contributed by atoms with E-state index in [9.17, 15) is 4.79 Å². The molecule has 0 aliphatic carbocycles. The van der Waals surface area contributed by atoms with Gasteiger partial charge in [0.1, 0.15) is 5.82 Å². The second kappa shape index (κ2) is 9.30. The molecule has 0 bridgehead atoms. The number of carbonyl (C=O) groups excluding carboxylic acids is 1. The minimum atomic E-state index is -0.314. The molecule has 0 unspecified atom stereocenters. The molecule has 1 amide bonds. The van der Waals surface area contributed by atoms with Gasteiger partial charge in [0.05, 0.1) is 6.67 Å². The number of carbonyl (C=O) groups is 1. The summed E-state index contributed by atoms with van der Waals surface area (Å²) in [6.07, 6.45) is 4.12. The third-order valence-corrected chi connectivity index (χ3v) is 5.35. The fourth-order valence-electron chi connectivity index (χ4n) is 3.49. The summed E-state index contributed by atoms with van der Waals surface area (Å²) in [7, 11) is 0. The predicted molar refractivity (Wildman–Crippen MR) is 114 cm³/mol. The van der Waals surface area contributed by atoms with E-state index in [-0.39, 0.29) is 12.3 Å². The number of nitrogens with two attached hydrogens (primary N) is 1. The molecule has 0 saturated carbocycles. The fraction of sp³-hybridized carbons (Fsp3) is 0.476. The van der Waals surface area contributed by atoms with Crippen LogP contribution in [0.15, 0.2) is 36.4 Å². The van der Waals surface area contributed by atoms with Gasteiger partial charge in [-0.1, -0.05) is 50.3 Å².